The van der Waals surface area contributed by atoms with Gasteiger partial charge >= 0.3 is 6.09 Å². The molecule has 0 atom stereocenters. The van der Waals surface area contributed by atoms with Gasteiger partial charge in [0.1, 0.15) is 11.1 Å². The third-order valence-electron chi connectivity index (χ3n) is 2.01. The second-order valence-electron chi connectivity index (χ2n) is 4.71. The van der Waals surface area contributed by atoms with Crippen molar-refractivity contribution in [2.75, 3.05) is 5.43 Å². The average Bonchev–Trinajstić information content (AvgIpc) is 2.53. The van der Waals surface area contributed by atoms with Crippen LogP contribution in [0.25, 0.3) is 11.2 Å². The molecule has 6 nitrogen and oxygen atoms in total. The van der Waals surface area contributed by atoms with Crippen LogP contribution in [0.1, 0.15) is 20.8 Å². The van der Waals surface area contributed by atoms with Crippen molar-refractivity contribution in [3.8, 4) is 0 Å². The number of thiol groups is 1. The minimum absolute atomic E-state index is 0.342. The Balaban J connectivity index is 2.27. The summed E-state index contributed by atoms with van der Waals surface area (Å²) in [6, 6.07) is 3.54. The molecule has 0 bridgehead atoms. The Bertz CT molecular complexity index is 588. The molecule has 1 N–H and O–H groups in total. The quantitative estimate of drug-likeness (QED) is 0.776. The van der Waals surface area contributed by atoms with Gasteiger partial charge in [0.2, 0.25) is 0 Å². The highest BCUT2D eigenvalue weighted by Crippen LogP contribution is 2.15. The summed E-state index contributed by atoms with van der Waals surface area (Å²) in [6.45, 7) is 5.38. The van der Waals surface area contributed by atoms with E-state index in [9.17, 15) is 4.79 Å². The van der Waals surface area contributed by atoms with Crippen molar-refractivity contribution in [2.24, 2.45) is 0 Å². The largest absolute Gasteiger partial charge is 0.443 e. The summed E-state index contributed by atoms with van der Waals surface area (Å²) in [6.07, 6.45) is 1.06. The van der Waals surface area contributed by atoms with Crippen molar-refractivity contribution < 1.29 is 9.53 Å². The van der Waals surface area contributed by atoms with E-state index in [4.69, 9.17) is 4.74 Å². The van der Waals surface area contributed by atoms with Gasteiger partial charge in [0, 0.05) is 6.20 Å². The molecule has 0 aliphatic carbocycles. The van der Waals surface area contributed by atoms with E-state index in [1.165, 1.54) is 4.68 Å². The minimum Gasteiger partial charge on any atom is -0.443 e. The van der Waals surface area contributed by atoms with E-state index < -0.39 is 11.7 Å². The number of nitrogens with zero attached hydrogens (tertiary/aromatic N) is 3. The summed E-state index contributed by atoms with van der Waals surface area (Å²) in [5, 5.41) is 0.342. The Morgan fingerprint density at radius 2 is 2.22 bits per heavy atom. The molecule has 0 unspecified atom stereocenters. The molecule has 96 valence electrons. The SMILES string of the molecule is CC(C)(C)OC(=O)Nn1c(S)nc2ncccc21. The normalized spacial score (nSPS) is 11.6. The number of nitrogens with one attached hydrogen (secondary N) is 1. The number of aromatic nitrogens is 3. The van der Waals surface area contributed by atoms with Gasteiger partial charge in [-0.15, -0.1) is 12.6 Å². The minimum atomic E-state index is -0.569. The lowest BCUT2D eigenvalue weighted by Gasteiger charge is -2.20. The zero-order valence-electron chi connectivity index (χ0n) is 10.3. The molecular weight excluding hydrogens is 252 g/mol. The highest BCUT2D eigenvalue weighted by atomic mass is 32.1. The standard InChI is InChI=1S/C11H14N4O2S/c1-11(2,3)17-10(16)14-15-7-5-4-6-12-8(7)13-9(15)18/h4-6H,1-3H3,(H,14,16)(H,12,13,18). The lowest BCUT2D eigenvalue weighted by molar-refractivity contribution is 0.0612. The van der Waals surface area contributed by atoms with Crippen LogP contribution in [-0.2, 0) is 4.74 Å². The van der Waals surface area contributed by atoms with Crippen LogP contribution < -0.4 is 5.43 Å². The maximum atomic E-state index is 11.7. The van der Waals surface area contributed by atoms with Gasteiger partial charge in [-0.2, -0.15) is 0 Å². The van der Waals surface area contributed by atoms with Crippen LogP contribution in [0.3, 0.4) is 0 Å². The average molecular weight is 266 g/mol. The predicted octanol–water partition coefficient (Wildman–Crippen LogP) is 2.20. The van der Waals surface area contributed by atoms with Crippen LogP contribution in [0.15, 0.2) is 23.5 Å². The summed E-state index contributed by atoms with van der Waals surface area (Å²) in [7, 11) is 0. The molecule has 1 amide bonds. The molecule has 18 heavy (non-hydrogen) atoms. The highest BCUT2D eigenvalue weighted by Gasteiger charge is 2.18. The van der Waals surface area contributed by atoms with E-state index in [0.717, 1.165) is 0 Å². The highest BCUT2D eigenvalue weighted by molar-refractivity contribution is 7.80. The number of hydrogen-bond donors (Lipinski definition) is 2. The van der Waals surface area contributed by atoms with Gasteiger partial charge in [0.25, 0.3) is 0 Å². The molecule has 0 radical (unpaired) electrons. The molecule has 0 aliphatic heterocycles. The Labute approximate surface area is 110 Å². The molecule has 0 fully saturated rings. The summed E-state index contributed by atoms with van der Waals surface area (Å²) < 4.78 is 6.59. The molecule has 2 aromatic rings. The van der Waals surface area contributed by atoms with E-state index in [0.29, 0.717) is 16.3 Å². The Hall–Kier alpha value is -1.76. The molecule has 7 heteroatoms. The summed E-state index contributed by atoms with van der Waals surface area (Å²) in [5.41, 5.74) is 3.18. The van der Waals surface area contributed by atoms with Gasteiger partial charge < -0.3 is 4.74 Å². The Kier molecular flexibility index (Phi) is 3.16. The number of carbonyl (C=O) groups is 1. The Morgan fingerprint density at radius 3 is 2.89 bits per heavy atom. The van der Waals surface area contributed by atoms with Gasteiger partial charge in [0.05, 0.1) is 0 Å². The zero-order valence-corrected chi connectivity index (χ0v) is 11.2. The zero-order chi connectivity index (χ0) is 13.3. The number of carbonyl (C=O) groups excluding carboxylic acids is 1. The lowest BCUT2D eigenvalue weighted by atomic mass is 10.2. The van der Waals surface area contributed by atoms with Crippen LogP contribution in [0.4, 0.5) is 4.79 Å². The number of amides is 1. The monoisotopic (exact) mass is 266 g/mol. The summed E-state index contributed by atoms with van der Waals surface area (Å²) in [4.78, 5) is 19.9. The first-order valence-corrected chi connectivity index (χ1v) is 5.84. The first-order valence-electron chi connectivity index (χ1n) is 5.39. The second kappa shape index (κ2) is 4.49. The molecule has 0 spiro atoms. The first kappa shape index (κ1) is 12.7. The lowest BCUT2D eigenvalue weighted by Crippen LogP contribution is -2.31. The molecule has 0 aromatic carbocycles. The fourth-order valence-corrected chi connectivity index (χ4v) is 1.66. The van der Waals surface area contributed by atoms with Gasteiger partial charge in [-0.3, -0.25) is 0 Å². The molecule has 0 saturated carbocycles. The maximum Gasteiger partial charge on any atom is 0.427 e. The smallest absolute Gasteiger partial charge is 0.427 e. The van der Waals surface area contributed by atoms with Crippen molar-refractivity contribution in [1.29, 1.82) is 0 Å². The van der Waals surface area contributed by atoms with Crippen molar-refractivity contribution in [1.82, 2.24) is 14.6 Å². The molecule has 0 aliphatic rings. The number of imidazole rings is 1. The topological polar surface area (TPSA) is 69.0 Å². The van der Waals surface area contributed by atoms with Gasteiger partial charge in [-0.25, -0.2) is 24.9 Å². The van der Waals surface area contributed by atoms with E-state index >= 15 is 0 Å². The fourth-order valence-electron chi connectivity index (χ4n) is 1.40. The van der Waals surface area contributed by atoms with Crippen molar-refractivity contribution in [2.45, 2.75) is 31.5 Å². The maximum absolute atomic E-state index is 11.7. The fraction of sp³-hybridized carbons (Fsp3) is 0.364. The number of pyridine rings is 1. The van der Waals surface area contributed by atoms with Crippen LogP contribution in [0.2, 0.25) is 0 Å². The van der Waals surface area contributed by atoms with Crippen molar-refractivity contribution >= 4 is 29.9 Å². The second-order valence-corrected chi connectivity index (χ2v) is 5.11. The molecular formula is C11H14N4O2S. The van der Waals surface area contributed by atoms with E-state index in [1.807, 2.05) is 0 Å². The summed E-state index contributed by atoms with van der Waals surface area (Å²) >= 11 is 4.18. The number of ether oxygens (including phenoxy) is 1. The Morgan fingerprint density at radius 1 is 1.50 bits per heavy atom. The third kappa shape index (κ3) is 2.73. The van der Waals surface area contributed by atoms with Crippen LogP contribution in [-0.4, -0.2) is 26.3 Å². The first-order chi connectivity index (χ1) is 8.37. The summed E-state index contributed by atoms with van der Waals surface area (Å²) in [5.74, 6) is 0. The predicted molar refractivity (Wildman–Crippen MR) is 70.4 cm³/mol. The molecule has 2 rings (SSSR count). The van der Waals surface area contributed by atoms with E-state index in [2.05, 4.69) is 28.0 Å². The van der Waals surface area contributed by atoms with Gasteiger partial charge in [-0.05, 0) is 32.9 Å². The van der Waals surface area contributed by atoms with Crippen molar-refractivity contribution in [3.05, 3.63) is 18.3 Å². The third-order valence-corrected chi connectivity index (χ3v) is 2.31. The molecule has 2 heterocycles. The van der Waals surface area contributed by atoms with Crippen LogP contribution >= 0.6 is 12.6 Å². The van der Waals surface area contributed by atoms with Gasteiger partial charge in [0.15, 0.2) is 10.8 Å². The van der Waals surface area contributed by atoms with Crippen LogP contribution in [0.5, 0.6) is 0 Å². The number of rotatable bonds is 1. The number of hydrogen-bond acceptors (Lipinski definition) is 5. The van der Waals surface area contributed by atoms with Crippen molar-refractivity contribution in [3.63, 3.8) is 0 Å². The number of fused-ring (bicyclic) bond motifs is 1. The van der Waals surface area contributed by atoms with E-state index in [1.54, 1.807) is 39.1 Å². The molecule has 0 saturated heterocycles. The van der Waals surface area contributed by atoms with Gasteiger partial charge in [-0.1, -0.05) is 0 Å². The van der Waals surface area contributed by atoms with Crippen LogP contribution in [0, 0.1) is 0 Å². The molecule has 2 aromatic heterocycles. The van der Waals surface area contributed by atoms with E-state index in [-0.39, 0.29) is 0 Å².